The first kappa shape index (κ1) is 15.0. The van der Waals surface area contributed by atoms with E-state index in [1.54, 1.807) is 18.9 Å². The quantitative estimate of drug-likeness (QED) is 0.370. The standard InChI is InChI=1S/C13H15N3O2S2/c1-18-7-10-12(13(17)16-14)20-11(15-10)8-19-9-5-3-2-4-6-9/h2-6H,7-8,14H2,1H3,(H,16,17). The number of carbonyl (C=O) groups is 1. The Balaban J connectivity index is 2.10. The second-order valence-corrected chi connectivity index (χ2v) is 6.02. The Morgan fingerprint density at radius 2 is 2.20 bits per heavy atom. The van der Waals surface area contributed by atoms with Gasteiger partial charge in [-0.1, -0.05) is 18.2 Å². The monoisotopic (exact) mass is 309 g/mol. The Morgan fingerprint density at radius 1 is 1.45 bits per heavy atom. The lowest BCUT2D eigenvalue weighted by Crippen LogP contribution is -2.30. The van der Waals surface area contributed by atoms with Crippen molar-refractivity contribution in [2.24, 2.45) is 5.84 Å². The Kier molecular flexibility index (Phi) is 5.54. The molecule has 0 aliphatic heterocycles. The number of ether oxygens (including phenoxy) is 1. The lowest BCUT2D eigenvalue weighted by atomic mass is 10.3. The predicted molar refractivity (Wildman–Crippen MR) is 80.5 cm³/mol. The SMILES string of the molecule is COCc1nc(CSc2ccccc2)sc1C(=O)NN. The predicted octanol–water partition coefficient (Wildman–Crippen LogP) is 2.19. The van der Waals surface area contributed by atoms with Gasteiger partial charge < -0.3 is 4.74 Å². The highest BCUT2D eigenvalue weighted by Gasteiger charge is 2.17. The van der Waals surface area contributed by atoms with Crippen LogP contribution in [0.5, 0.6) is 0 Å². The largest absolute Gasteiger partial charge is 0.378 e. The number of benzene rings is 1. The van der Waals surface area contributed by atoms with Crippen molar-refractivity contribution >= 4 is 29.0 Å². The fourth-order valence-corrected chi connectivity index (χ4v) is 3.48. The van der Waals surface area contributed by atoms with E-state index in [4.69, 9.17) is 10.6 Å². The molecule has 7 heteroatoms. The van der Waals surface area contributed by atoms with Crippen molar-refractivity contribution in [1.82, 2.24) is 10.4 Å². The third-order valence-corrected chi connectivity index (χ3v) is 4.77. The first-order valence-electron chi connectivity index (χ1n) is 5.91. The average molecular weight is 309 g/mol. The van der Waals surface area contributed by atoms with Gasteiger partial charge in [0.15, 0.2) is 0 Å². The normalized spacial score (nSPS) is 10.5. The number of nitrogen functional groups attached to an aromatic ring is 1. The summed E-state index contributed by atoms with van der Waals surface area (Å²) in [6.45, 7) is 0.301. The van der Waals surface area contributed by atoms with Gasteiger partial charge in [0.2, 0.25) is 0 Å². The van der Waals surface area contributed by atoms with Crippen LogP contribution in [0.15, 0.2) is 35.2 Å². The summed E-state index contributed by atoms with van der Waals surface area (Å²) in [4.78, 5) is 17.8. The molecule has 2 aromatic rings. The van der Waals surface area contributed by atoms with Gasteiger partial charge in [-0.25, -0.2) is 10.8 Å². The number of thiazole rings is 1. The van der Waals surface area contributed by atoms with E-state index in [9.17, 15) is 4.79 Å². The van der Waals surface area contributed by atoms with Crippen molar-refractivity contribution in [2.45, 2.75) is 17.3 Å². The minimum absolute atomic E-state index is 0.301. The van der Waals surface area contributed by atoms with Gasteiger partial charge in [0.25, 0.3) is 5.91 Å². The Hall–Kier alpha value is -1.41. The third kappa shape index (κ3) is 3.80. The number of methoxy groups -OCH3 is 1. The minimum Gasteiger partial charge on any atom is -0.378 e. The van der Waals surface area contributed by atoms with Crippen LogP contribution >= 0.6 is 23.1 Å². The van der Waals surface area contributed by atoms with Crippen LogP contribution in [0.25, 0.3) is 0 Å². The van der Waals surface area contributed by atoms with Gasteiger partial charge in [-0.2, -0.15) is 0 Å². The number of hydrogen-bond acceptors (Lipinski definition) is 6. The summed E-state index contributed by atoms with van der Waals surface area (Å²) in [6.07, 6.45) is 0. The van der Waals surface area contributed by atoms with Crippen LogP contribution < -0.4 is 11.3 Å². The van der Waals surface area contributed by atoms with E-state index < -0.39 is 0 Å². The molecular weight excluding hydrogens is 294 g/mol. The molecule has 0 spiro atoms. The van der Waals surface area contributed by atoms with Gasteiger partial charge in [-0.15, -0.1) is 23.1 Å². The first-order valence-corrected chi connectivity index (χ1v) is 7.71. The van der Waals surface area contributed by atoms with Crippen LogP contribution in [0, 0.1) is 0 Å². The van der Waals surface area contributed by atoms with Crippen molar-refractivity contribution in [2.75, 3.05) is 7.11 Å². The molecule has 0 unspecified atom stereocenters. The van der Waals surface area contributed by atoms with E-state index in [0.717, 1.165) is 5.01 Å². The molecule has 0 fully saturated rings. The van der Waals surface area contributed by atoms with E-state index in [-0.39, 0.29) is 5.91 Å². The molecule has 0 aliphatic rings. The van der Waals surface area contributed by atoms with Gasteiger partial charge in [0.1, 0.15) is 9.88 Å². The summed E-state index contributed by atoms with van der Waals surface area (Å²) in [5.41, 5.74) is 2.77. The van der Waals surface area contributed by atoms with Crippen LogP contribution in [0.3, 0.4) is 0 Å². The fraction of sp³-hybridized carbons (Fsp3) is 0.231. The summed E-state index contributed by atoms with van der Waals surface area (Å²) in [7, 11) is 1.57. The van der Waals surface area contributed by atoms with Crippen molar-refractivity contribution in [3.63, 3.8) is 0 Å². The highest BCUT2D eigenvalue weighted by Crippen LogP contribution is 2.27. The van der Waals surface area contributed by atoms with Crippen molar-refractivity contribution in [3.8, 4) is 0 Å². The molecule has 0 saturated carbocycles. The van der Waals surface area contributed by atoms with Crippen molar-refractivity contribution in [1.29, 1.82) is 0 Å². The molecule has 0 radical (unpaired) electrons. The molecule has 2 rings (SSSR count). The van der Waals surface area contributed by atoms with Crippen LogP contribution in [0.4, 0.5) is 0 Å². The summed E-state index contributed by atoms with van der Waals surface area (Å²) < 4.78 is 5.06. The highest BCUT2D eigenvalue weighted by molar-refractivity contribution is 7.98. The van der Waals surface area contributed by atoms with Gasteiger partial charge in [-0.05, 0) is 12.1 Å². The number of nitrogens with one attached hydrogen (secondary N) is 1. The van der Waals surface area contributed by atoms with E-state index in [2.05, 4.69) is 10.4 Å². The van der Waals surface area contributed by atoms with Crippen LogP contribution in [0.2, 0.25) is 0 Å². The Morgan fingerprint density at radius 3 is 2.85 bits per heavy atom. The van der Waals surface area contributed by atoms with Crippen LogP contribution in [-0.2, 0) is 17.1 Å². The lowest BCUT2D eigenvalue weighted by Gasteiger charge is -1.98. The maximum absolute atomic E-state index is 11.7. The van der Waals surface area contributed by atoms with E-state index >= 15 is 0 Å². The number of hydrogen-bond donors (Lipinski definition) is 2. The number of nitrogens with zero attached hydrogens (tertiary/aromatic N) is 1. The van der Waals surface area contributed by atoms with E-state index in [1.807, 2.05) is 30.3 Å². The molecule has 1 aromatic heterocycles. The number of aromatic nitrogens is 1. The lowest BCUT2D eigenvalue weighted by molar-refractivity contribution is 0.0952. The Bertz CT molecular complexity index is 572. The number of carbonyl (C=O) groups excluding carboxylic acids is 1. The zero-order valence-electron chi connectivity index (χ0n) is 11.0. The summed E-state index contributed by atoms with van der Waals surface area (Å²) in [6, 6.07) is 10.1. The maximum atomic E-state index is 11.7. The molecule has 0 saturated heterocycles. The van der Waals surface area contributed by atoms with E-state index in [1.165, 1.54) is 16.2 Å². The van der Waals surface area contributed by atoms with Crippen LogP contribution in [0.1, 0.15) is 20.4 Å². The van der Waals surface area contributed by atoms with Crippen LogP contribution in [-0.4, -0.2) is 18.0 Å². The molecule has 1 amide bonds. The fourth-order valence-electron chi connectivity index (χ4n) is 1.60. The Labute approximate surface area is 125 Å². The van der Waals surface area contributed by atoms with Gasteiger partial charge in [0.05, 0.1) is 18.1 Å². The molecule has 1 aromatic carbocycles. The molecule has 0 bridgehead atoms. The number of thioether (sulfide) groups is 1. The second-order valence-electron chi connectivity index (χ2n) is 3.89. The molecule has 5 nitrogen and oxygen atoms in total. The second kappa shape index (κ2) is 7.39. The number of rotatable bonds is 6. The summed E-state index contributed by atoms with van der Waals surface area (Å²) in [5.74, 6) is 5.56. The van der Waals surface area contributed by atoms with Gasteiger partial charge in [-0.3, -0.25) is 10.2 Å². The average Bonchev–Trinajstić information content (AvgIpc) is 2.89. The summed E-state index contributed by atoms with van der Waals surface area (Å²) >= 11 is 3.02. The topological polar surface area (TPSA) is 77.2 Å². The molecule has 0 aliphatic carbocycles. The zero-order valence-corrected chi connectivity index (χ0v) is 12.6. The minimum atomic E-state index is -0.328. The molecule has 3 N–H and O–H groups in total. The zero-order chi connectivity index (χ0) is 14.4. The van der Waals surface area contributed by atoms with Crippen molar-refractivity contribution < 1.29 is 9.53 Å². The number of nitrogens with two attached hydrogens (primary N) is 1. The maximum Gasteiger partial charge on any atom is 0.277 e. The molecule has 106 valence electrons. The number of amides is 1. The third-order valence-electron chi connectivity index (χ3n) is 2.47. The van der Waals surface area contributed by atoms with Gasteiger partial charge >= 0.3 is 0 Å². The first-order chi connectivity index (χ1) is 9.74. The highest BCUT2D eigenvalue weighted by atomic mass is 32.2. The molecule has 20 heavy (non-hydrogen) atoms. The van der Waals surface area contributed by atoms with Crippen molar-refractivity contribution in [3.05, 3.63) is 45.9 Å². The molecular formula is C13H15N3O2S2. The number of hydrazine groups is 1. The van der Waals surface area contributed by atoms with Gasteiger partial charge in [0, 0.05) is 12.0 Å². The summed E-state index contributed by atoms with van der Waals surface area (Å²) in [5, 5.41) is 0.879. The smallest absolute Gasteiger partial charge is 0.277 e. The molecule has 0 atom stereocenters. The van der Waals surface area contributed by atoms with E-state index in [0.29, 0.717) is 22.9 Å². The molecule has 1 heterocycles.